The van der Waals surface area contributed by atoms with Crippen LogP contribution < -0.4 is 0 Å². The van der Waals surface area contributed by atoms with E-state index in [0.717, 1.165) is 40.8 Å². The molecule has 0 aliphatic carbocycles. The summed E-state index contributed by atoms with van der Waals surface area (Å²) >= 11 is 0. The van der Waals surface area contributed by atoms with Crippen LogP contribution in [0, 0.1) is 11.3 Å². The quantitative estimate of drug-likeness (QED) is 0.732. The molecular formula is C15H12N4O. The first-order valence-electron chi connectivity index (χ1n) is 6.61. The Hall–Kier alpha value is -2.45. The number of benzene rings is 1. The maximum atomic E-state index is 9.03. The van der Waals surface area contributed by atoms with Crippen LogP contribution >= 0.6 is 0 Å². The number of aromatic amines is 1. The van der Waals surface area contributed by atoms with E-state index in [1.807, 2.05) is 12.1 Å². The summed E-state index contributed by atoms with van der Waals surface area (Å²) in [5.41, 5.74) is 3.30. The molecule has 98 valence electrons. The minimum atomic E-state index is 0.330. The van der Waals surface area contributed by atoms with Crippen LogP contribution in [0.5, 0.6) is 0 Å². The van der Waals surface area contributed by atoms with Gasteiger partial charge in [-0.1, -0.05) is 0 Å². The van der Waals surface area contributed by atoms with Crippen LogP contribution in [0.2, 0.25) is 0 Å². The second kappa shape index (κ2) is 4.29. The minimum absolute atomic E-state index is 0.330. The Morgan fingerprint density at radius 3 is 3.10 bits per heavy atom. The SMILES string of the molecule is N#Cc1ccc2ncc3nc(C4CCOC4)[nH]c3c2c1. The van der Waals surface area contributed by atoms with Crippen molar-refractivity contribution in [3.05, 3.63) is 35.8 Å². The van der Waals surface area contributed by atoms with Gasteiger partial charge in [-0.25, -0.2) is 4.98 Å². The lowest BCUT2D eigenvalue weighted by Crippen LogP contribution is -1.99. The highest BCUT2D eigenvalue weighted by Gasteiger charge is 2.21. The van der Waals surface area contributed by atoms with E-state index in [2.05, 4.69) is 21.0 Å². The topological polar surface area (TPSA) is 74.6 Å². The number of hydrogen-bond acceptors (Lipinski definition) is 4. The van der Waals surface area contributed by atoms with Gasteiger partial charge in [0.25, 0.3) is 0 Å². The van der Waals surface area contributed by atoms with Gasteiger partial charge in [0, 0.05) is 17.9 Å². The Morgan fingerprint density at radius 1 is 1.35 bits per heavy atom. The predicted molar refractivity (Wildman–Crippen MR) is 74.3 cm³/mol. The third-order valence-corrected chi connectivity index (χ3v) is 3.79. The molecule has 2 aromatic heterocycles. The molecule has 1 fully saturated rings. The summed E-state index contributed by atoms with van der Waals surface area (Å²) in [6.07, 6.45) is 2.77. The standard InChI is InChI=1S/C15H12N4O/c16-6-9-1-2-12-11(5-9)14-13(7-17-12)18-15(19-14)10-3-4-20-8-10/h1-2,5,7,10H,3-4,8H2,(H,18,19). The van der Waals surface area contributed by atoms with E-state index in [1.165, 1.54) is 0 Å². The maximum absolute atomic E-state index is 9.03. The van der Waals surface area contributed by atoms with E-state index >= 15 is 0 Å². The average molecular weight is 264 g/mol. The van der Waals surface area contributed by atoms with Gasteiger partial charge in [0.15, 0.2) is 0 Å². The van der Waals surface area contributed by atoms with Crippen molar-refractivity contribution in [3.8, 4) is 6.07 Å². The molecule has 5 heteroatoms. The van der Waals surface area contributed by atoms with Crippen molar-refractivity contribution >= 4 is 21.9 Å². The first-order valence-corrected chi connectivity index (χ1v) is 6.61. The van der Waals surface area contributed by atoms with Crippen LogP contribution in [-0.2, 0) is 4.74 Å². The van der Waals surface area contributed by atoms with Gasteiger partial charge >= 0.3 is 0 Å². The molecule has 1 aliphatic heterocycles. The molecule has 3 heterocycles. The summed E-state index contributed by atoms with van der Waals surface area (Å²) in [6.45, 7) is 1.51. The molecule has 0 radical (unpaired) electrons. The second-order valence-electron chi connectivity index (χ2n) is 5.04. The molecule has 1 atom stereocenters. The first-order chi connectivity index (χ1) is 9.85. The summed E-state index contributed by atoms with van der Waals surface area (Å²) in [7, 11) is 0. The van der Waals surface area contributed by atoms with E-state index in [4.69, 9.17) is 10.00 Å². The molecule has 0 saturated carbocycles. The van der Waals surface area contributed by atoms with Gasteiger partial charge in [-0.3, -0.25) is 4.98 Å². The van der Waals surface area contributed by atoms with Gasteiger partial charge in [-0.15, -0.1) is 0 Å². The lowest BCUT2D eigenvalue weighted by atomic mass is 10.1. The Labute approximate surface area is 115 Å². The molecule has 0 bridgehead atoms. The maximum Gasteiger partial charge on any atom is 0.112 e. The number of hydrogen-bond donors (Lipinski definition) is 1. The van der Waals surface area contributed by atoms with Crippen molar-refractivity contribution in [2.45, 2.75) is 12.3 Å². The summed E-state index contributed by atoms with van der Waals surface area (Å²) in [6, 6.07) is 7.67. The number of nitrogens with zero attached hydrogens (tertiary/aromatic N) is 3. The third-order valence-electron chi connectivity index (χ3n) is 3.79. The number of pyridine rings is 1. The van der Waals surface area contributed by atoms with Crippen LogP contribution in [0.15, 0.2) is 24.4 Å². The smallest absolute Gasteiger partial charge is 0.112 e. The normalized spacial score (nSPS) is 18.6. The molecular weight excluding hydrogens is 252 g/mol. The van der Waals surface area contributed by atoms with Crippen molar-refractivity contribution in [3.63, 3.8) is 0 Å². The van der Waals surface area contributed by atoms with Gasteiger partial charge < -0.3 is 9.72 Å². The molecule has 4 rings (SSSR count). The van der Waals surface area contributed by atoms with E-state index in [0.29, 0.717) is 18.1 Å². The first kappa shape index (κ1) is 11.4. The van der Waals surface area contributed by atoms with Gasteiger partial charge in [-0.2, -0.15) is 5.26 Å². The zero-order valence-electron chi connectivity index (χ0n) is 10.8. The van der Waals surface area contributed by atoms with Crippen molar-refractivity contribution in [2.24, 2.45) is 0 Å². The fourth-order valence-corrected chi connectivity index (χ4v) is 2.70. The van der Waals surface area contributed by atoms with E-state index in [1.54, 1.807) is 12.3 Å². The van der Waals surface area contributed by atoms with Crippen molar-refractivity contribution < 1.29 is 4.74 Å². The van der Waals surface area contributed by atoms with Crippen molar-refractivity contribution in [1.29, 1.82) is 5.26 Å². The molecule has 0 amide bonds. The van der Waals surface area contributed by atoms with E-state index < -0.39 is 0 Å². The van der Waals surface area contributed by atoms with Crippen molar-refractivity contribution in [1.82, 2.24) is 15.0 Å². The predicted octanol–water partition coefficient (Wildman–Crippen LogP) is 2.49. The van der Waals surface area contributed by atoms with Crippen LogP contribution in [0.4, 0.5) is 0 Å². The van der Waals surface area contributed by atoms with E-state index in [-0.39, 0.29) is 0 Å². The number of fused-ring (bicyclic) bond motifs is 3. The Balaban J connectivity index is 1.96. The molecule has 1 aliphatic rings. The molecule has 1 aromatic carbocycles. The molecule has 20 heavy (non-hydrogen) atoms. The molecule has 1 unspecified atom stereocenters. The second-order valence-corrected chi connectivity index (χ2v) is 5.04. The zero-order valence-corrected chi connectivity index (χ0v) is 10.8. The van der Waals surface area contributed by atoms with Gasteiger partial charge in [-0.05, 0) is 24.6 Å². The van der Waals surface area contributed by atoms with E-state index in [9.17, 15) is 0 Å². The number of aromatic nitrogens is 3. The Bertz CT molecular complexity index is 840. The number of H-pyrrole nitrogens is 1. The highest BCUT2D eigenvalue weighted by Crippen LogP contribution is 2.28. The molecule has 1 saturated heterocycles. The lowest BCUT2D eigenvalue weighted by molar-refractivity contribution is 0.193. The van der Waals surface area contributed by atoms with Crippen LogP contribution in [-0.4, -0.2) is 28.2 Å². The molecule has 0 spiro atoms. The molecule has 3 aromatic rings. The molecule has 5 nitrogen and oxygen atoms in total. The van der Waals surface area contributed by atoms with Crippen LogP contribution in [0.3, 0.4) is 0 Å². The third kappa shape index (κ3) is 1.66. The number of ether oxygens (including phenoxy) is 1. The summed E-state index contributed by atoms with van der Waals surface area (Å²) < 4.78 is 5.41. The van der Waals surface area contributed by atoms with Gasteiger partial charge in [0.1, 0.15) is 11.3 Å². The minimum Gasteiger partial charge on any atom is -0.381 e. The fourth-order valence-electron chi connectivity index (χ4n) is 2.70. The summed E-state index contributed by atoms with van der Waals surface area (Å²) in [5.74, 6) is 1.28. The monoisotopic (exact) mass is 264 g/mol. The van der Waals surface area contributed by atoms with Gasteiger partial charge in [0.2, 0.25) is 0 Å². The Kier molecular flexibility index (Phi) is 2.44. The van der Waals surface area contributed by atoms with Gasteiger partial charge in [0.05, 0.1) is 35.5 Å². The Morgan fingerprint density at radius 2 is 2.30 bits per heavy atom. The van der Waals surface area contributed by atoms with Crippen LogP contribution in [0.25, 0.3) is 21.9 Å². The number of nitriles is 1. The van der Waals surface area contributed by atoms with Crippen molar-refractivity contribution in [2.75, 3.05) is 13.2 Å². The summed E-state index contributed by atoms with van der Waals surface area (Å²) in [4.78, 5) is 12.4. The number of rotatable bonds is 1. The fraction of sp³-hybridized carbons (Fsp3) is 0.267. The zero-order chi connectivity index (χ0) is 13.5. The molecule has 1 N–H and O–H groups in total. The largest absolute Gasteiger partial charge is 0.381 e. The average Bonchev–Trinajstić information content (AvgIpc) is 3.15. The lowest BCUT2D eigenvalue weighted by Gasteiger charge is -2.01. The number of imidazole rings is 1. The summed E-state index contributed by atoms with van der Waals surface area (Å²) in [5, 5.41) is 9.98. The van der Waals surface area contributed by atoms with Crippen LogP contribution in [0.1, 0.15) is 23.7 Å². The number of nitrogens with one attached hydrogen (secondary N) is 1. The highest BCUT2D eigenvalue weighted by molar-refractivity contribution is 6.02. The highest BCUT2D eigenvalue weighted by atomic mass is 16.5.